The molecular formula is C14H19F3N2O. The monoisotopic (exact) mass is 288 g/mol. The molecule has 0 spiro atoms. The SMILES string of the molecule is CC1CN(c2ccc(N)cc2C(F)(F)F)CC(C)(C)O1. The minimum atomic E-state index is -4.42. The van der Waals surface area contributed by atoms with E-state index in [9.17, 15) is 13.2 Å². The van der Waals surface area contributed by atoms with E-state index in [1.54, 1.807) is 4.90 Å². The third-order valence-corrected chi connectivity index (χ3v) is 3.24. The van der Waals surface area contributed by atoms with E-state index < -0.39 is 17.3 Å². The molecule has 1 saturated heterocycles. The lowest BCUT2D eigenvalue weighted by molar-refractivity contribution is -0.137. The molecule has 0 saturated carbocycles. The molecule has 1 aliphatic heterocycles. The minimum absolute atomic E-state index is 0.113. The quantitative estimate of drug-likeness (QED) is 0.806. The van der Waals surface area contributed by atoms with Gasteiger partial charge in [0.05, 0.1) is 17.3 Å². The number of halogens is 3. The maximum absolute atomic E-state index is 13.2. The lowest BCUT2D eigenvalue weighted by Gasteiger charge is -2.43. The van der Waals surface area contributed by atoms with Crippen LogP contribution in [0.2, 0.25) is 0 Å². The van der Waals surface area contributed by atoms with Gasteiger partial charge in [0.2, 0.25) is 0 Å². The van der Waals surface area contributed by atoms with Gasteiger partial charge in [0.25, 0.3) is 0 Å². The van der Waals surface area contributed by atoms with E-state index in [1.807, 2.05) is 20.8 Å². The molecule has 1 aliphatic rings. The highest BCUT2D eigenvalue weighted by atomic mass is 19.4. The molecule has 1 aromatic carbocycles. The molecule has 1 aromatic rings. The summed E-state index contributed by atoms with van der Waals surface area (Å²) in [5.74, 6) is 0. The van der Waals surface area contributed by atoms with Gasteiger partial charge in [-0.15, -0.1) is 0 Å². The molecule has 1 atom stereocenters. The second kappa shape index (κ2) is 4.84. The first-order chi connectivity index (χ1) is 9.08. The summed E-state index contributed by atoms with van der Waals surface area (Å²) in [5.41, 5.74) is 4.59. The molecule has 0 amide bonds. The highest BCUT2D eigenvalue weighted by Gasteiger charge is 2.38. The first-order valence-electron chi connectivity index (χ1n) is 6.48. The van der Waals surface area contributed by atoms with E-state index in [4.69, 9.17) is 10.5 Å². The Morgan fingerprint density at radius 1 is 1.35 bits per heavy atom. The number of hydrogen-bond acceptors (Lipinski definition) is 3. The Bertz CT molecular complexity index is 500. The maximum Gasteiger partial charge on any atom is 0.418 e. The average molecular weight is 288 g/mol. The van der Waals surface area contributed by atoms with E-state index in [1.165, 1.54) is 12.1 Å². The van der Waals surface area contributed by atoms with Crippen molar-refractivity contribution in [1.29, 1.82) is 0 Å². The Labute approximate surface area is 116 Å². The second-order valence-electron chi connectivity index (χ2n) is 5.84. The summed E-state index contributed by atoms with van der Waals surface area (Å²) >= 11 is 0. The number of hydrogen-bond donors (Lipinski definition) is 1. The Kier molecular flexibility index (Phi) is 3.62. The van der Waals surface area contributed by atoms with Gasteiger partial charge in [-0.25, -0.2) is 0 Å². The minimum Gasteiger partial charge on any atom is -0.399 e. The van der Waals surface area contributed by atoms with Gasteiger partial charge in [0.15, 0.2) is 0 Å². The van der Waals surface area contributed by atoms with Crippen LogP contribution in [-0.4, -0.2) is 24.8 Å². The summed E-state index contributed by atoms with van der Waals surface area (Å²) in [4.78, 5) is 1.72. The number of nitrogen functional groups attached to an aromatic ring is 1. The van der Waals surface area contributed by atoms with Crippen LogP contribution < -0.4 is 10.6 Å². The van der Waals surface area contributed by atoms with Gasteiger partial charge >= 0.3 is 6.18 Å². The zero-order valence-corrected chi connectivity index (χ0v) is 11.8. The van der Waals surface area contributed by atoms with E-state index in [2.05, 4.69) is 0 Å². The number of nitrogens with zero attached hydrogens (tertiary/aromatic N) is 1. The van der Waals surface area contributed by atoms with E-state index >= 15 is 0 Å². The summed E-state index contributed by atoms with van der Waals surface area (Å²) in [6, 6.07) is 3.92. The molecule has 6 heteroatoms. The summed E-state index contributed by atoms with van der Waals surface area (Å²) in [7, 11) is 0. The zero-order valence-electron chi connectivity index (χ0n) is 11.8. The fourth-order valence-corrected chi connectivity index (χ4v) is 2.69. The van der Waals surface area contributed by atoms with Gasteiger partial charge in [-0.2, -0.15) is 13.2 Å². The van der Waals surface area contributed by atoms with Crippen LogP contribution in [0.4, 0.5) is 24.5 Å². The molecule has 1 heterocycles. The Hall–Kier alpha value is -1.43. The maximum atomic E-state index is 13.2. The smallest absolute Gasteiger partial charge is 0.399 e. The number of nitrogens with two attached hydrogens (primary N) is 1. The van der Waals surface area contributed by atoms with E-state index in [-0.39, 0.29) is 17.5 Å². The Morgan fingerprint density at radius 2 is 2.00 bits per heavy atom. The van der Waals surface area contributed by atoms with Crippen molar-refractivity contribution in [2.24, 2.45) is 0 Å². The van der Waals surface area contributed by atoms with Crippen LogP contribution in [-0.2, 0) is 10.9 Å². The number of alkyl halides is 3. The van der Waals surface area contributed by atoms with Crippen molar-refractivity contribution >= 4 is 11.4 Å². The third kappa shape index (κ3) is 3.17. The Balaban J connectivity index is 2.42. The molecule has 112 valence electrons. The topological polar surface area (TPSA) is 38.5 Å². The number of benzene rings is 1. The van der Waals surface area contributed by atoms with Crippen molar-refractivity contribution in [2.45, 2.75) is 38.7 Å². The Morgan fingerprint density at radius 3 is 2.55 bits per heavy atom. The van der Waals surface area contributed by atoms with Gasteiger partial charge in [-0.05, 0) is 39.0 Å². The summed E-state index contributed by atoms with van der Waals surface area (Å²) in [6.45, 7) is 6.44. The lowest BCUT2D eigenvalue weighted by atomic mass is 10.0. The molecule has 0 radical (unpaired) electrons. The van der Waals surface area contributed by atoms with Crippen LogP contribution in [0.3, 0.4) is 0 Å². The normalized spacial score (nSPS) is 22.9. The van der Waals surface area contributed by atoms with Crippen LogP contribution in [0.5, 0.6) is 0 Å². The predicted molar refractivity (Wildman–Crippen MR) is 72.7 cm³/mol. The molecule has 2 N–H and O–H groups in total. The standard InChI is InChI=1S/C14H19F3N2O/c1-9-7-19(8-13(2,3)20-9)12-5-4-10(18)6-11(12)14(15,16)17/h4-6,9H,7-8,18H2,1-3H3. The molecule has 20 heavy (non-hydrogen) atoms. The molecule has 1 unspecified atom stereocenters. The highest BCUT2D eigenvalue weighted by molar-refractivity contribution is 5.61. The van der Waals surface area contributed by atoms with Crippen LogP contribution in [0.25, 0.3) is 0 Å². The molecule has 2 rings (SSSR count). The highest BCUT2D eigenvalue weighted by Crippen LogP contribution is 2.39. The molecular weight excluding hydrogens is 269 g/mol. The molecule has 0 aromatic heterocycles. The molecule has 3 nitrogen and oxygen atoms in total. The van der Waals surface area contributed by atoms with Crippen LogP contribution in [0, 0.1) is 0 Å². The van der Waals surface area contributed by atoms with Crippen LogP contribution in [0.15, 0.2) is 18.2 Å². The van der Waals surface area contributed by atoms with Crippen molar-refractivity contribution in [1.82, 2.24) is 0 Å². The van der Waals surface area contributed by atoms with E-state index in [0.717, 1.165) is 6.07 Å². The van der Waals surface area contributed by atoms with Crippen molar-refractivity contribution in [2.75, 3.05) is 23.7 Å². The molecule has 0 aliphatic carbocycles. The predicted octanol–water partition coefficient (Wildman–Crippen LogP) is 3.29. The van der Waals surface area contributed by atoms with Crippen LogP contribution in [0.1, 0.15) is 26.3 Å². The third-order valence-electron chi connectivity index (χ3n) is 3.24. The second-order valence-corrected chi connectivity index (χ2v) is 5.84. The summed E-state index contributed by atoms with van der Waals surface area (Å²) < 4.78 is 45.2. The summed E-state index contributed by atoms with van der Waals surface area (Å²) in [5, 5.41) is 0. The van der Waals surface area contributed by atoms with Gasteiger partial charge in [-0.1, -0.05) is 0 Å². The first kappa shape index (κ1) is 15.0. The van der Waals surface area contributed by atoms with Crippen molar-refractivity contribution in [3.8, 4) is 0 Å². The van der Waals surface area contributed by atoms with Crippen molar-refractivity contribution in [3.05, 3.63) is 23.8 Å². The molecule has 1 fully saturated rings. The summed E-state index contributed by atoms with van der Waals surface area (Å²) in [6.07, 6.45) is -4.55. The van der Waals surface area contributed by atoms with Gasteiger partial charge < -0.3 is 15.4 Å². The first-order valence-corrected chi connectivity index (χ1v) is 6.48. The fraction of sp³-hybridized carbons (Fsp3) is 0.571. The molecule has 0 bridgehead atoms. The lowest BCUT2D eigenvalue weighted by Crippen LogP contribution is -2.52. The van der Waals surface area contributed by atoms with Crippen molar-refractivity contribution < 1.29 is 17.9 Å². The van der Waals surface area contributed by atoms with Gasteiger partial charge in [0, 0.05) is 24.5 Å². The van der Waals surface area contributed by atoms with Crippen LogP contribution >= 0.6 is 0 Å². The van der Waals surface area contributed by atoms with E-state index in [0.29, 0.717) is 13.1 Å². The average Bonchev–Trinajstić information content (AvgIpc) is 2.24. The number of ether oxygens (including phenoxy) is 1. The number of rotatable bonds is 1. The van der Waals surface area contributed by atoms with Gasteiger partial charge in [0.1, 0.15) is 0 Å². The number of anilines is 2. The number of morpholine rings is 1. The van der Waals surface area contributed by atoms with Crippen molar-refractivity contribution in [3.63, 3.8) is 0 Å². The van der Waals surface area contributed by atoms with Gasteiger partial charge in [-0.3, -0.25) is 0 Å². The zero-order chi connectivity index (χ0) is 15.1. The largest absolute Gasteiger partial charge is 0.418 e. The fourth-order valence-electron chi connectivity index (χ4n) is 2.69.